The first-order valence-electron chi connectivity index (χ1n) is 8.94. The highest BCUT2D eigenvalue weighted by Gasteiger charge is 2.24. The van der Waals surface area contributed by atoms with E-state index in [0.29, 0.717) is 17.1 Å². The number of rotatable bonds is 4. The maximum Gasteiger partial charge on any atom is 0.329 e. The van der Waals surface area contributed by atoms with Crippen LogP contribution in [0.2, 0.25) is 0 Å². The van der Waals surface area contributed by atoms with Gasteiger partial charge < -0.3 is 19.9 Å². The number of benzene rings is 1. The molecule has 1 fully saturated rings. The van der Waals surface area contributed by atoms with Crippen LogP contribution in [0.1, 0.15) is 11.7 Å². The molecule has 1 aliphatic rings. The van der Waals surface area contributed by atoms with E-state index >= 15 is 0 Å². The zero-order chi connectivity index (χ0) is 19.0. The van der Waals surface area contributed by atoms with Gasteiger partial charge in [-0.15, -0.1) is 0 Å². The molecule has 0 bridgehead atoms. The third-order valence-corrected chi connectivity index (χ3v) is 4.93. The second-order valence-electron chi connectivity index (χ2n) is 6.68. The molecule has 0 aliphatic carbocycles. The van der Waals surface area contributed by atoms with E-state index in [0.717, 1.165) is 31.7 Å². The van der Waals surface area contributed by atoms with Gasteiger partial charge in [0.25, 0.3) is 5.56 Å². The summed E-state index contributed by atoms with van der Waals surface area (Å²) >= 11 is 0. The number of aromatic nitrogens is 4. The number of piperazine rings is 1. The number of nitrogens with one attached hydrogen (secondary N) is 2. The van der Waals surface area contributed by atoms with Crippen LogP contribution in [-0.2, 0) is 13.6 Å². The van der Waals surface area contributed by atoms with E-state index in [2.05, 4.69) is 20.2 Å². The number of imidazole rings is 1. The van der Waals surface area contributed by atoms with E-state index in [1.165, 1.54) is 4.57 Å². The van der Waals surface area contributed by atoms with Gasteiger partial charge in [0.1, 0.15) is 0 Å². The molecule has 0 radical (unpaired) electrons. The number of H-pyrrole nitrogens is 1. The summed E-state index contributed by atoms with van der Waals surface area (Å²) in [6.07, 6.45) is -0.804. The van der Waals surface area contributed by atoms with E-state index in [-0.39, 0.29) is 6.54 Å². The fourth-order valence-electron chi connectivity index (χ4n) is 3.46. The number of aliphatic hydroxyl groups is 1. The molecule has 142 valence electrons. The van der Waals surface area contributed by atoms with Crippen LogP contribution in [0.3, 0.4) is 0 Å². The van der Waals surface area contributed by atoms with Gasteiger partial charge in [-0.3, -0.25) is 14.3 Å². The standard InChI is InChI=1S/C18H22N6O3/c1-22-15-14(16(26)21-18(22)27)24(11-13(25)12-5-3-2-4-6-12)17(20-15)23-9-7-19-8-10-23/h2-6,13,19,25H,7-11H2,1H3,(H,21,26,27). The van der Waals surface area contributed by atoms with Gasteiger partial charge in [0.15, 0.2) is 11.2 Å². The molecule has 0 amide bonds. The van der Waals surface area contributed by atoms with Gasteiger partial charge in [-0.05, 0) is 5.56 Å². The van der Waals surface area contributed by atoms with E-state index in [9.17, 15) is 14.7 Å². The van der Waals surface area contributed by atoms with Crippen molar-refractivity contribution in [3.8, 4) is 0 Å². The summed E-state index contributed by atoms with van der Waals surface area (Å²) in [5, 5.41) is 14.0. The number of aryl methyl sites for hydroxylation is 1. The Balaban J connectivity index is 1.86. The van der Waals surface area contributed by atoms with Gasteiger partial charge in [0.2, 0.25) is 5.95 Å². The second kappa shape index (κ2) is 7.01. The van der Waals surface area contributed by atoms with Crippen LogP contribution < -0.4 is 21.5 Å². The number of anilines is 1. The smallest absolute Gasteiger partial charge is 0.329 e. The Morgan fingerprint density at radius 1 is 1.19 bits per heavy atom. The molecule has 1 aromatic carbocycles. The molecule has 9 heteroatoms. The van der Waals surface area contributed by atoms with Gasteiger partial charge in [-0.2, -0.15) is 4.98 Å². The number of fused-ring (bicyclic) bond motifs is 1. The van der Waals surface area contributed by atoms with Gasteiger partial charge in [-0.25, -0.2) is 4.79 Å². The minimum Gasteiger partial charge on any atom is -0.387 e. The summed E-state index contributed by atoms with van der Waals surface area (Å²) in [6.45, 7) is 3.24. The SMILES string of the molecule is Cn1c(=O)[nH]c(=O)c2c1nc(N1CCNCC1)n2CC(O)c1ccccc1. The topological polar surface area (TPSA) is 108 Å². The monoisotopic (exact) mass is 370 g/mol. The van der Waals surface area contributed by atoms with Crippen molar-refractivity contribution in [3.05, 3.63) is 56.7 Å². The highest BCUT2D eigenvalue weighted by Crippen LogP contribution is 2.24. The summed E-state index contributed by atoms with van der Waals surface area (Å²) < 4.78 is 3.05. The molecule has 0 saturated carbocycles. The number of nitrogens with zero attached hydrogens (tertiary/aromatic N) is 4. The predicted molar refractivity (Wildman–Crippen MR) is 102 cm³/mol. The molecule has 2 aromatic heterocycles. The van der Waals surface area contributed by atoms with E-state index in [4.69, 9.17) is 0 Å². The maximum atomic E-state index is 12.5. The first-order chi connectivity index (χ1) is 13.1. The summed E-state index contributed by atoms with van der Waals surface area (Å²) in [5.41, 5.74) is 0.361. The van der Waals surface area contributed by atoms with Gasteiger partial charge in [-0.1, -0.05) is 30.3 Å². The third-order valence-electron chi connectivity index (χ3n) is 4.93. The highest BCUT2D eigenvalue weighted by molar-refractivity contribution is 5.74. The largest absolute Gasteiger partial charge is 0.387 e. The zero-order valence-corrected chi connectivity index (χ0v) is 15.1. The summed E-state index contributed by atoms with van der Waals surface area (Å²) in [6, 6.07) is 9.29. The molecular formula is C18H22N6O3. The zero-order valence-electron chi connectivity index (χ0n) is 15.1. The van der Waals surface area contributed by atoms with E-state index < -0.39 is 17.4 Å². The molecular weight excluding hydrogens is 348 g/mol. The molecule has 9 nitrogen and oxygen atoms in total. The number of aliphatic hydroxyl groups excluding tert-OH is 1. The Morgan fingerprint density at radius 3 is 2.59 bits per heavy atom. The van der Waals surface area contributed by atoms with Crippen LogP contribution in [0.25, 0.3) is 11.2 Å². The average molecular weight is 370 g/mol. The molecule has 27 heavy (non-hydrogen) atoms. The van der Waals surface area contributed by atoms with Gasteiger partial charge in [0, 0.05) is 33.2 Å². The van der Waals surface area contributed by atoms with Gasteiger partial charge in [0.05, 0.1) is 12.6 Å². The molecule has 4 rings (SSSR count). The minimum absolute atomic E-state index is 0.168. The van der Waals surface area contributed by atoms with Crippen molar-refractivity contribution in [2.24, 2.45) is 7.05 Å². The molecule has 3 N–H and O–H groups in total. The lowest BCUT2D eigenvalue weighted by molar-refractivity contribution is 0.158. The lowest BCUT2D eigenvalue weighted by atomic mass is 10.1. The fourth-order valence-corrected chi connectivity index (χ4v) is 3.46. The normalized spacial score (nSPS) is 16.0. The lowest BCUT2D eigenvalue weighted by Gasteiger charge is -2.29. The Kier molecular flexibility index (Phi) is 4.54. The predicted octanol–water partition coefficient (Wildman–Crippen LogP) is -0.433. The quantitative estimate of drug-likeness (QED) is 0.575. The second-order valence-corrected chi connectivity index (χ2v) is 6.68. The van der Waals surface area contributed by atoms with Crippen molar-refractivity contribution in [2.75, 3.05) is 31.1 Å². The van der Waals surface area contributed by atoms with Crippen molar-refractivity contribution in [1.29, 1.82) is 0 Å². The Labute approximate surface area is 154 Å². The minimum atomic E-state index is -0.804. The van der Waals surface area contributed by atoms with Crippen LogP contribution in [0.5, 0.6) is 0 Å². The highest BCUT2D eigenvalue weighted by atomic mass is 16.3. The third kappa shape index (κ3) is 3.15. The molecule has 1 aliphatic heterocycles. The van der Waals surface area contributed by atoms with Crippen LogP contribution >= 0.6 is 0 Å². The fraction of sp³-hybridized carbons (Fsp3) is 0.389. The summed E-state index contributed by atoms with van der Waals surface area (Å²) in [4.78, 5) is 33.5. The summed E-state index contributed by atoms with van der Waals surface area (Å²) in [7, 11) is 1.58. The summed E-state index contributed by atoms with van der Waals surface area (Å²) in [5.74, 6) is 0.591. The van der Waals surface area contributed by atoms with E-state index in [1.807, 2.05) is 30.3 Å². The Morgan fingerprint density at radius 2 is 1.89 bits per heavy atom. The van der Waals surface area contributed by atoms with Crippen LogP contribution in [-0.4, -0.2) is 50.4 Å². The average Bonchev–Trinajstić information content (AvgIpc) is 3.07. The van der Waals surface area contributed by atoms with Crippen molar-refractivity contribution in [2.45, 2.75) is 12.6 Å². The first kappa shape index (κ1) is 17.5. The Bertz CT molecular complexity index is 1060. The van der Waals surface area contributed by atoms with Crippen molar-refractivity contribution < 1.29 is 5.11 Å². The van der Waals surface area contributed by atoms with Crippen LogP contribution in [0.4, 0.5) is 5.95 Å². The molecule has 0 spiro atoms. The number of hydrogen-bond donors (Lipinski definition) is 3. The molecule has 1 unspecified atom stereocenters. The van der Waals surface area contributed by atoms with E-state index in [1.54, 1.807) is 11.6 Å². The van der Waals surface area contributed by atoms with Gasteiger partial charge >= 0.3 is 5.69 Å². The molecule has 1 saturated heterocycles. The van der Waals surface area contributed by atoms with Crippen LogP contribution in [0.15, 0.2) is 39.9 Å². The van der Waals surface area contributed by atoms with Crippen LogP contribution in [0, 0.1) is 0 Å². The Hall–Kier alpha value is -2.91. The molecule has 3 heterocycles. The maximum absolute atomic E-state index is 12.5. The van der Waals surface area contributed by atoms with Crippen molar-refractivity contribution in [3.63, 3.8) is 0 Å². The molecule has 1 atom stereocenters. The number of hydrogen-bond acceptors (Lipinski definition) is 6. The lowest BCUT2D eigenvalue weighted by Crippen LogP contribution is -2.44. The van der Waals surface area contributed by atoms with Crippen molar-refractivity contribution in [1.82, 2.24) is 24.4 Å². The number of aromatic amines is 1. The van der Waals surface area contributed by atoms with Crippen molar-refractivity contribution >= 4 is 17.1 Å². The molecule has 3 aromatic rings. The first-order valence-corrected chi connectivity index (χ1v) is 8.94.